The number of hydrogen-bond acceptors (Lipinski definition) is 4. The first-order valence-electron chi connectivity index (χ1n) is 6.48. The van der Waals surface area contributed by atoms with Crippen molar-refractivity contribution < 1.29 is 14.3 Å². The lowest BCUT2D eigenvalue weighted by atomic mass is 10.0. The molecule has 0 saturated carbocycles. The molecule has 1 aliphatic rings. The molecule has 0 aliphatic carbocycles. The third kappa shape index (κ3) is 3.38. The maximum Gasteiger partial charge on any atom is 0.237 e. The second kappa shape index (κ2) is 5.93. The van der Waals surface area contributed by atoms with E-state index >= 15 is 0 Å². The van der Waals surface area contributed by atoms with Crippen molar-refractivity contribution in [2.24, 2.45) is 11.7 Å². The molecule has 19 heavy (non-hydrogen) atoms. The largest absolute Gasteiger partial charge is 0.454 e. The molecule has 0 radical (unpaired) electrons. The molecule has 0 bridgehead atoms. The maximum atomic E-state index is 11.8. The van der Waals surface area contributed by atoms with E-state index in [1.54, 1.807) is 0 Å². The Kier molecular flexibility index (Phi) is 4.27. The third-order valence-electron chi connectivity index (χ3n) is 2.99. The van der Waals surface area contributed by atoms with Gasteiger partial charge in [0, 0.05) is 12.1 Å². The molecule has 104 valence electrons. The highest BCUT2D eigenvalue weighted by Gasteiger charge is 2.19. The summed E-state index contributed by atoms with van der Waals surface area (Å²) < 4.78 is 10.7. The van der Waals surface area contributed by atoms with Crippen LogP contribution < -0.4 is 20.5 Å². The topological polar surface area (TPSA) is 73.6 Å². The molecule has 1 aromatic rings. The van der Waals surface area contributed by atoms with Gasteiger partial charge in [0.1, 0.15) is 0 Å². The molecule has 5 nitrogen and oxygen atoms in total. The minimum atomic E-state index is -0.464. The first kappa shape index (κ1) is 13.7. The summed E-state index contributed by atoms with van der Waals surface area (Å²) in [4.78, 5) is 11.8. The molecule has 0 unspecified atom stereocenters. The fraction of sp³-hybridized carbons (Fsp3) is 0.500. The van der Waals surface area contributed by atoms with E-state index in [1.165, 1.54) is 0 Å². The zero-order valence-electron chi connectivity index (χ0n) is 11.3. The summed E-state index contributed by atoms with van der Waals surface area (Å²) in [5, 5.41) is 2.83. The Morgan fingerprint density at radius 1 is 1.42 bits per heavy atom. The molecule has 2 rings (SSSR count). The van der Waals surface area contributed by atoms with Crippen LogP contribution in [-0.2, 0) is 11.3 Å². The van der Waals surface area contributed by atoms with E-state index in [0.29, 0.717) is 24.6 Å². The van der Waals surface area contributed by atoms with Crippen LogP contribution in [-0.4, -0.2) is 18.7 Å². The average molecular weight is 264 g/mol. The zero-order valence-corrected chi connectivity index (χ0v) is 11.3. The summed E-state index contributed by atoms with van der Waals surface area (Å²) in [6.45, 7) is 4.72. The summed E-state index contributed by atoms with van der Waals surface area (Å²) in [5.74, 6) is 1.70. The van der Waals surface area contributed by atoms with Gasteiger partial charge in [-0.1, -0.05) is 26.0 Å². The molecule has 5 heteroatoms. The standard InChI is InChI=1S/C14H20N2O3/c1-9(2)6-11(15)14(17)16-7-10-4-3-5-12-13(10)19-8-18-12/h3-5,9,11H,6-8,15H2,1-2H3,(H,16,17)/t11-/m1/s1. The Balaban J connectivity index is 1.92. The van der Waals surface area contributed by atoms with Crippen molar-refractivity contribution in [1.82, 2.24) is 5.32 Å². The van der Waals surface area contributed by atoms with Gasteiger partial charge in [0.05, 0.1) is 6.04 Å². The monoisotopic (exact) mass is 264 g/mol. The van der Waals surface area contributed by atoms with Crippen LogP contribution in [0.2, 0.25) is 0 Å². The lowest BCUT2D eigenvalue weighted by Crippen LogP contribution is -2.41. The van der Waals surface area contributed by atoms with Crippen LogP contribution in [0, 0.1) is 5.92 Å². The third-order valence-corrected chi connectivity index (χ3v) is 2.99. The van der Waals surface area contributed by atoms with Crippen LogP contribution in [0.4, 0.5) is 0 Å². The number of nitrogens with one attached hydrogen (secondary N) is 1. The highest BCUT2D eigenvalue weighted by Crippen LogP contribution is 2.35. The number of rotatable bonds is 5. The molecule has 0 saturated heterocycles. The molecule has 0 spiro atoms. The number of carbonyl (C=O) groups excluding carboxylic acids is 1. The van der Waals surface area contributed by atoms with Crippen molar-refractivity contribution in [2.45, 2.75) is 32.9 Å². The van der Waals surface area contributed by atoms with Gasteiger partial charge >= 0.3 is 0 Å². The van der Waals surface area contributed by atoms with Gasteiger partial charge in [-0.05, 0) is 18.4 Å². The normalized spacial score (nSPS) is 14.5. The first-order valence-corrected chi connectivity index (χ1v) is 6.48. The molecule has 1 heterocycles. The van der Waals surface area contributed by atoms with Gasteiger partial charge in [-0.25, -0.2) is 0 Å². The Labute approximate surface area is 113 Å². The Hall–Kier alpha value is -1.75. The van der Waals surface area contributed by atoms with Crippen LogP contribution >= 0.6 is 0 Å². The van der Waals surface area contributed by atoms with Crippen molar-refractivity contribution in [3.63, 3.8) is 0 Å². The van der Waals surface area contributed by atoms with E-state index in [9.17, 15) is 4.79 Å². The Bertz CT molecular complexity index is 460. The Morgan fingerprint density at radius 2 is 2.21 bits per heavy atom. The fourth-order valence-corrected chi connectivity index (χ4v) is 2.06. The number of carbonyl (C=O) groups is 1. The lowest BCUT2D eigenvalue weighted by Gasteiger charge is -2.14. The second-order valence-corrected chi connectivity index (χ2v) is 5.10. The summed E-state index contributed by atoms with van der Waals surface area (Å²) in [7, 11) is 0. The highest BCUT2D eigenvalue weighted by atomic mass is 16.7. The predicted octanol–water partition coefficient (Wildman–Crippen LogP) is 1.40. The molecule has 0 aromatic heterocycles. The van der Waals surface area contributed by atoms with Crippen molar-refractivity contribution in [1.29, 1.82) is 0 Å². The number of ether oxygens (including phenoxy) is 2. The van der Waals surface area contributed by atoms with Crippen LogP contribution in [0.3, 0.4) is 0 Å². The molecule has 0 fully saturated rings. The maximum absolute atomic E-state index is 11.8. The zero-order chi connectivity index (χ0) is 13.8. The molecular formula is C14H20N2O3. The van der Waals surface area contributed by atoms with E-state index in [2.05, 4.69) is 5.32 Å². The van der Waals surface area contributed by atoms with E-state index < -0.39 is 6.04 Å². The first-order chi connectivity index (χ1) is 9.08. The highest BCUT2D eigenvalue weighted by molar-refractivity contribution is 5.81. The lowest BCUT2D eigenvalue weighted by molar-refractivity contribution is -0.122. The van der Waals surface area contributed by atoms with Crippen molar-refractivity contribution in [3.8, 4) is 11.5 Å². The average Bonchev–Trinajstić information content (AvgIpc) is 2.83. The summed E-state index contributed by atoms with van der Waals surface area (Å²) in [5.41, 5.74) is 6.73. The van der Waals surface area contributed by atoms with Gasteiger partial charge < -0.3 is 20.5 Å². The van der Waals surface area contributed by atoms with E-state index in [0.717, 1.165) is 11.3 Å². The number of benzene rings is 1. The van der Waals surface area contributed by atoms with Crippen LogP contribution in [0.25, 0.3) is 0 Å². The van der Waals surface area contributed by atoms with Gasteiger partial charge in [-0.15, -0.1) is 0 Å². The molecule has 1 atom stereocenters. The van der Waals surface area contributed by atoms with Crippen molar-refractivity contribution in [2.75, 3.05) is 6.79 Å². The van der Waals surface area contributed by atoms with Crippen molar-refractivity contribution >= 4 is 5.91 Å². The number of para-hydroxylation sites is 1. The minimum Gasteiger partial charge on any atom is -0.454 e. The van der Waals surface area contributed by atoms with Crippen LogP contribution in [0.5, 0.6) is 11.5 Å². The number of fused-ring (bicyclic) bond motifs is 1. The number of hydrogen-bond donors (Lipinski definition) is 2. The molecule has 1 aliphatic heterocycles. The summed E-state index contributed by atoms with van der Waals surface area (Å²) in [6.07, 6.45) is 0.679. The van der Waals surface area contributed by atoms with Crippen molar-refractivity contribution in [3.05, 3.63) is 23.8 Å². The molecular weight excluding hydrogens is 244 g/mol. The second-order valence-electron chi connectivity index (χ2n) is 5.10. The van der Waals surface area contributed by atoms with E-state index in [4.69, 9.17) is 15.2 Å². The van der Waals surface area contributed by atoms with Gasteiger partial charge in [-0.2, -0.15) is 0 Å². The van der Waals surface area contributed by atoms with Crippen LogP contribution in [0.15, 0.2) is 18.2 Å². The predicted molar refractivity (Wildman–Crippen MR) is 71.8 cm³/mol. The summed E-state index contributed by atoms with van der Waals surface area (Å²) in [6, 6.07) is 5.16. The van der Waals surface area contributed by atoms with Gasteiger partial charge in [0.25, 0.3) is 0 Å². The van der Waals surface area contributed by atoms with E-state index in [-0.39, 0.29) is 12.7 Å². The molecule has 3 N–H and O–H groups in total. The molecule has 1 aromatic carbocycles. The quantitative estimate of drug-likeness (QED) is 0.843. The van der Waals surface area contributed by atoms with Gasteiger partial charge in [-0.3, -0.25) is 4.79 Å². The molecule has 1 amide bonds. The van der Waals surface area contributed by atoms with Crippen LogP contribution in [0.1, 0.15) is 25.8 Å². The number of nitrogens with two attached hydrogens (primary N) is 1. The van der Waals surface area contributed by atoms with E-state index in [1.807, 2.05) is 32.0 Å². The smallest absolute Gasteiger partial charge is 0.237 e. The SMILES string of the molecule is CC(C)C[C@@H](N)C(=O)NCc1cccc2c1OCO2. The van der Waals surface area contributed by atoms with Gasteiger partial charge in [0.15, 0.2) is 11.5 Å². The number of amides is 1. The summed E-state index contributed by atoms with van der Waals surface area (Å²) >= 11 is 0. The van der Waals surface area contributed by atoms with Gasteiger partial charge in [0.2, 0.25) is 12.7 Å². The Morgan fingerprint density at radius 3 is 2.95 bits per heavy atom. The minimum absolute atomic E-state index is 0.134. The fourth-order valence-electron chi connectivity index (χ4n) is 2.06.